The number of benzene rings is 4. The van der Waals surface area contributed by atoms with Gasteiger partial charge in [-0.25, -0.2) is 4.39 Å². The number of ether oxygens (including phenoxy) is 1. The molecular formula is C33H30ClF4NO2S. The second kappa shape index (κ2) is 14.2. The first-order valence-corrected chi connectivity index (χ1v) is 14.2. The Morgan fingerprint density at radius 2 is 1.57 bits per heavy atom. The number of rotatable bonds is 12. The molecule has 0 spiro atoms. The maximum atomic E-state index is 14.3. The van der Waals surface area contributed by atoms with Crippen LogP contribution >= 0.6 is 24.2 Å². The van der Waals surface area contributed by atoms with Crippen LogP contribution in [0.15, 0.2) is 95.9 Å². The fraction of sp³-hybridized carbons (Fsp3) is 0.242. The van der Waals surface area contributed by atoms with E-state index in [0.717, 1.165) is 23.3 Å². The molecule has 0 saturated carbocycles. The molecule has 3 nitrogen and oxygen atoms in total. The molecule has 0 fully saturated rings. The first kappa shape index (κ1) is 31.6. The van der Waals surface area contributed by atoms with Gasteiger partial charge in [-0.2, -0.15) is 13.2 Å². The molecule has 0 aliphatic carbocycles. The van der Waals surface area contributed by atoms with Gasteiger partial charge in [-0.15, -0.1) is 12.6 Å². The molecule has 4 rings (SSSR count). The summed E-state index contributed by atoms with van der Waals surface area (Å²) in [5.74, 6) is -0.562. The van der Waals surface area contributed by atoms with Crippen molar-refractivity contribution in [3.05, 3.63) is 130 Å². The van der Waals surface area contributed by atoms with Crippen molar-refractivity contribution < 1.29 is 27.1 Å². The SMILES string of the molecule is CC(CCN(Cc1cccc(C(F)(F)F)c1Cl)CC(c1ccccc1)c1ccccc1)Oc1cc(F)c(C=O)c(S)c1. The minimum atomic E-state index is -4.57. The van der Waals surface area contributed by atoms with E-state index in [0.29, 0.717) is 31.4 Å². The van der Waals surface area contributed by atoms with Crippen LogP contribution in [0.5, 0.6) is 5.75 Å². The van der Waals surface area contributed by atoms with Gasteiger partial charge in [-0.05, 0) is 42.2 Å². The van der Waals surface area contributed by atoms with Crippen LogP contribution in [-0.4, -0.2) is 30.4 Å². The highest BCUT2D eigenvalue weighted by molar-refractivity contribution is 7.80. The largest absolute Gasteiger partial charge is 0.491 e. The molecule has 0 aromatic heterocycles. The first-order valence-electron chi connectivity index (χ1n) is 13.4. The lowest BCUT2D eigenvalue weighted by Gasteiger charge is -2.30. The molecule has 42 heavy (non-hydrogen) atoms. The van der Waals surface area contributed by atoms with E-state index in [4.69, 9.17) is 16.3 Å². The molecule has 1 atom stereocenters. The van der Waals surface area contributed by atoms with Crippen molar-refractivity contribution >= 4 is 30.5 Å². The van der Waals surface area contributed by atoms with Crippen LogP contribution in [0.2, 0.25) is 5.02 Å². The van der Waals surface area contributed by atoms with Crippen molar-refractivity contribution in [1.82, 2.24) is 4.90 Å². The van der Waals surface area contributed by atoms with Crippen LogP contribution < -0.4 is 4.74 Å². The van der Waals surface area contributed by atoms with Gasteiger partial charge in [0.05, 0.1) is 22.3 Å². The van der Waals surface area contributed by atoms with Crippen LogP contribution in [0.4, 0.5) is 17.6 Å². The molecule has 0 amide bonds. The van der Waals surface area contributed by atoms with E-state index >= 15 is 0 Å². The maximum Gasteiger partial charge on any atom is 0.417 e. The molecule has 0 heterocycles. The smallest absolute Gasteiger partial charge is 0.417 e. The Bertz CT molecular complexity index is 1420. The molecule has 0 bridgehead atoms. The van der Waals surface area contributed by atoms with Crippen LogP contribution in [0.1, 0.15) is 51.9 Å². The lowest BCUT2D eigenvalue weighted by molar-refractivity contribution is -0.137. The zero-order valence-electron chi connectivity index (χ0n) is 22.8. The van der Waals surface area contributed by atoms with E-state index in [1.807, 2.05) is 67.6 Å². The summed E-state index contributed by atoms with van der Waals surface area (Å²) >= 11 is 10.5. The van der Waals surface area contributed by atoms with E-state index in [-0.39, 0.29) is 39.8 Å². The Morgan fingerprint density at radius 1 is 0.952 bits per heavy atom. The van der Waals surface area contributed by atoms with Crippen LogP contribution in [0.3, 0.4) is 0 Å². The van der Waals surface area contributed by atoms with E-state index in [1.54, 1.807) is 6.07 Å². The third-order valence-electron chi connectivity index (χ3n) is 7.01. The zero-order valence-corrected chi connectivity index (χ0v) is 24.5. The fourth-order valence-electron chi connectivity index (χ4n) is 4.85. The number of nitrogens with zero attached hydrogens (tertiary/aromatic N) is 1. The number of hydrogen-bond acceptors (Lipinski definition) is 4. The standard InChI is InChI=1S/C33H30ClF4NO2S/c1-22(41-26-17-30(35)28(21-40)31(42)18-26)15-16-39(19-25-13-8-14-29(32(25)34)33(36,37)38)20-27(23-9-4-2-5-10-23)24-11-6-3-7-12-24/h2-14,17-18,21-22,27,42H,15-16,19-20H2,1H3. The number of alkyl halides is 3. The van der Waals surface area contributed by atoms with Gasteiger partial charge in [0, 0.05) is 36.5 Å². The number of halogens is 5. The lowest BCUT2D eigenvalue weighted by Crippen LogP contribution is -2.32. The van der Waals surface area contributed by atoms with E-state index in [2.05, 4.69) is 17.5 Å². The third kappa shape index (κ3) is 8.15. The van der Waals surface area contributed by atoms with E-state index < -0.39 is 17.6 Å². The molecule has 220 valence electrons. The summed E-state index contributed by atoms with van der Waals surface area (Å²) in [5.41, 5.74) is 1.49. The molecule has 0 aliphatic heterocycles. The molecule has 0 aliphatic rings. The van der Waals surface area contributed by atoms with Crippen LogP contribution in [0.25, 0.3) is 0 Å². The van der Waals surface area contributed by atoms with Gasteiger partial charge >= 0.3 is 6.18 Å². The quantitative estimate of drug-likeness (QED) is 0.0979. The van der Waals surface area contributed by atoms with E-state index in [1.165, 1.54) is 12.1 Å². The number of carbonyl (C=O) groups is 1. The second-order valence-electron chi connectivity index (χ2n) is 10.1. The topological polar surface area (TPSA) is 29.5 Å². The Balaban J connectivity index is 1.60. The van der Waals surface area contributed by atoms with E-state index in [9.17, 15) is 22.4 Å². The van der Waals surface area contributed by atoms with Crippen molar-refractivity contribution in [2.24, 2.45) is 0 Å². The minimum Gasteiger partial charge on any atom is -0.491 e. The highest BCUT2D eigenvalue weighted by Crippen LogP contribution is 2.37. The highest BCUT2D eigenvalue weighted by Gasteiger charge is 2.34. The van der Waals surface area contributed by atoms with Crippen molar-refractivity contribution in [2.75, 3.05) is 13.1 Å². The summed E-state index contributed by atoms with van der Waals surface area (Å²) in [6.07, 6.45) is -4.08. The Morgan fingerprint density at radius 3 is 2.12 bits per heavy atom. The van der Waals surface area contributed by atoms with Gasteiger partial charge < -0.3 is 4.74 Å². The third-order valence-corrected chi connectivity index (χ3v) is 7.83. The van der Waals surface area contributed by atoms with Gasteiger partial charge in [0.2, 0.25) is 0 Å². The number of aldehydes is 1. The molecule has 1 unspecified atom stereocenters. The summed E-state index contributed by atoms with van der Waals surface area (Å²) in [7, 11) is 0. The van der Waals surface area contributed by atoms with Gasteiger partial charge in [-0.1, -0.05) is 84.4 Å². The average molecular weight is 616 g/mol. The van der Waals surface area contributed by atoms with Crippen LogP contribution in [-0.2, 0) is 12.7 Å². The van der Waals surface area contributed by atoms with Crippen molar-refractivity contribution in [1.29, 1.82) is 0 Å². The molecule has 0 N–H and O–H groups in total. The van der Waals surface area contributed by atoms with Gasteiger partial charge in [-0.3, -0.25) is 9.69 Å². The number of thiol groups is 1. The lowest BCUT2D eigenvalue weighted by atomic mass is 9.90. The molecule has 9 heteroatoms. The van der Waals surface area contributed by atoms with Crippen molar-refractivity contribution in [2.45, 2.75) is 43.0 Å². The maximum absolute atomic E-state index is 14.3. The summed E-state index contributed by atoms with van der Waals surface area (Å²) < 4.78 is 61.1. The van der Waals surface area contributed by atoms with Gasteiger partial charge in [0.15, 0.2) is 6.29 Å². The molecular weight excluding hydrogens is 586 g/mol. The molecule has 0 saturated heterocycles. The summed E-state index contributed by atoms with van der Waals surface area (Å²) in [4.78, 5) is 13.3. The average Bonchev–Trinajstić information content (AvgIpc) is 2.95. The first-order chi connectivity index (χ1) is 20.1. The predicted octanol–water partition coefficient (Wildman–Crippen LogP) is 9.09. The zero-order chi connectivity index (χ0) is 30.3. The van der Waals surface area contributed by atoms with Gasteiger partial charge in [0.1, 0.15) is 11.6 Å². The second-order valence-corrected chi connectivity index (χ2v) is 10.9. The number of hydrogen-bond donors (Lipinski definition) is 1. The molecule has 4 aromatic rings. The number of carbonyl (C=O) groups excluding carboxylic acids is 1. The minimum absolute atomic E-state index is 0.0649. The highest BCUT2D eigenvalue weighted by atomic mass is 35.5. The Kier molecular flexibility index (Phi) is 10.7. The molecule has 0 radical (unpaired) electrons. The fourth-order valence-corrected chi connectivity index (χ4v) is 5.43. The van der Waals surface area contributed by atoms with Crippen molar-refractivity contribution in [3.8, 4) is 5.75 Å². The summed E-state index contributed by atoms with van der Waals surface area (Å²) in [5, 5.41) is -0.317. The Labute approximate surface area is 253 Å². The van der Waals surface area contributed by atoms with Gasteiger partial charge in [0.25, 0.3) is 0 Å². The normalized spacial score (nSPS) is 12.5. The summed E-state index contributed by atoms with van der Waals surface area (Å²) in [6, 6.07) is 26.4. The predicted molar refractivity (Wildman–Crippen MR) is 160 cm³/mol. The molecule has 4 aromatic carbocycles. The summed E-state index contributed by atoms with van der Waals surface area (Å²) in [6.45, 7) is 2.95. The van der Waals surface area contributed by atoms with Crippen molar-refractivity contribution in [3.63, 3.8) is 0 Å². The monoisotopic (exact) mass is 615 g/mol. The Hall–Kier alpha value is -3.33. The van der Waals surface area contributed by atoms with Crippen LogP contribution in [0, 0.1) is 5.82 Å².